The molecular weight excluding hydrogens is 202 g/mol. The van der Waals surface area contributed by atoms with Crippen molar-refractivity contribution in [2.45, 2.75) is 6.42 Å². The molecule has 16 heavy (non-hydrogen) atoms. The van der Waals surface area contributed by atoms with Gasteiger partial charge in [0.25, 0.3) is 0 Å². The molecule has 0 amide bonds. The van der Waals surface area contributed by atoms with Gasteiger partial charge < -0.3 is 5.73 Å². The van der Waals surface area contributed by atoms with Crippen LogP contribution in [0.15, 0.2) is 30.5 Å². The highest BCUT2D eigenvalue weighted by Gasteiger charge is 2.16. The number of hydrogen-bond donors (Lipinski definition) is 1. The minimum absolute atomic E-state index is 0.707. The highest BCUT2D eigenvalue weighted by atomic mass is 16.7. The lowest BCUT2D eigenvalue weighted by Crippen LogP contribution is -2.16. The summed E-state index contributed by atoms with van der Waals surface area (Å²) in [7, 11) is 0. The zero-order valence-electron chi connectivity index (χ0n) is 8.89. The van der Waals surface area contributed by atoms with E-state index >= 15 is 0 Å². The first-order valence-corrected chi connectivity index (χ1v) is 5.40. The number of pyridine rings is 1. The van der Waals surface area contributed by atoms with Gasteiger partial charge in [-0.3, -0.25) is 14.9 Å². The molecule has 1 fully saturated rings. The van der Waals surface area contributed by atoms with E-state index in [0.717, 1.165) is 36.2 Å². The Morgan fingerprint density at radius 2 is 2.25 bits per heavy atom. The van der Waals surface area contributed by atoms with Crippen molar-refractivity contribution in [3.63, 3.8) is 0 Å². The molecule has 1 saturated heterocycles. The van der Waals surface area contributed by atoms with Crippen LogP contribution in [0.1, 0.15) is 6.42 Å². The van der Waals surface area contributed by atoms with E-state index in [4.69, 9.17) is 10.6 Å². The van der Waals surface area contributed by atoms with Crippen LogP contribution < -0.4 is 10.8 Å². The maximum absolute atomic E-state index is 5.90. The molecule has 1 aromatic heterocycles. The predicted molar refractivity (Wildman–Crippen MR) is 64.1 cm³/mol. The molecule has 0 radical (unpaired) electrons. The molecule has 1 aromatic carbocycles. The van der Waals surface area contributed by atoms with E-state index in [2.05, 4.69) is 4.98 Å². The number of hydrogen-bond acceptors (Lipinski definition) is 4. The SMILES string of the molecule is Nc1cccc2c(N3CCCO3)ccnc12. The summed E-state index contributed by atoms with van der Waals surface area (Å²) >= 11 is 0. The second-order valence-corrected chi connectivity index (χ2v) is 3.86. The number of fused-ring (bicyclic) bond motifs is 1. The molecule has 2 aromatic rings. The molecule has 0 spiro atoms. The maximum Gasteiger partial charge on any atom is 0.0952 e. The minimum atomic E-state index is 0.707. The van der Waals surface area contributed by atoms with E-state index in [1.165, 1.54) is 0 Å². The zero-order valence-corrected chi connectivity index (χ0v) is 8.89. The van der Waals surface area contributed by atoms with Crippen LogP contribution in [0.4, 0.5) is 11.4 Å². The van der Waals surface area contributed by atoms with Crippen LogP contribution in [-0.4, -0.2) is 18.1 Å². The highest BCUT2D eigenvalue weighted by Crippen LogP contribution is 2.29. The lowest BCUT2D eigenvalue weighted by molar-refractivity contribution is 0.169. The van der Waals surface area contributed by atoms with Gasteiger partial charge in [0, 0.05) is 18.1 Å². The van der Waals surface area contributed by atoms with Gasteiger partial charge in [0.15, 0.2) is 0 Å². The van der Waals surface area contributed by atoms with Gasteiger partial charge in [0.1, 0.15) is 0 Å². The van der Waals surface area contributed by atoms with Crippen molar-refractivity contribution in [2.75, 3.05) is 23.9 Å². The monoisotopic (exact) mass is 215 g/mol. The molecule has 2 N–H and O–H groups in total. The molecule has 2 heterocycles. The van der Waals surface area contributed by atoms with Crippen molar-refractivity contribution in [3.05, 3.63) is 30.5 Å². The number of nitrogens with two attached hydrogens (primary N) is 1. The number of nitrogen functional groups attached to an aromatic ring is 1. The fraction of sp³-hybridized carbons (Fsp3) is 0.250. The summed E-state index contributed by atoms with van der Waals surface area (Å²) in [4.78, 5) is 9.86. The summed E-state index contributed by atoms with van der Waals surface area (Å²) in [5, 5.41) is 2.97. The normalized spacial score (nSPS) is 15.9. The largest absolute Gasteiger partial charge is 0.397 e. The lowest BCUT2D eigenvalue weighted by atomic mass is 10.1. The third-order valence-corrected chi connectivity index (χ3v) is 2.80. The third kappa shape index (κ3) is 1.39. The average Bonchev–Trinajstić information content (AvgIpc) is 2.82. The van der Waals surface area contributed by atoms with Gasteiger partial charge in [0.2, 0.25) is 0 Å². The summed E-state index contributed by atoms with van der Waals surface area (Å²) in [6, 6.07) is 7.80. The fourth-order valence-corrected chi connectivity index (χ4v) is 2.04. The van der Waals surface area contributed by atoms with E-state index in [9.17, 15) is 0 Å². The molecule has 4 heteroatoms. The van der Waals surface area contributed by atoms with Crippen molar-refractivity contribution in [3.8, 4) is 0 Å². The van der Waals surface area contributed by atoms with Crippen LogP contribution in [0, 0.1) is 0 Å². The molecule has 0 saturated carbocycles. The highest BCUT2D eigenvalue weighted by molar-refractivity contribution is 5.97. The van der Waals surface area contributed by atoms with Crippen molar-refractivity contribution >= 4 is 22.3 Å². The first kappa shape index (κ1) is 9.42. The molecule has 0 atom stereocenters. The van der Waals surface area contributed by atoms with Crippen molar-refractivity contribution in [1.82, 2.24) is 4.98 Å². The van der Waals surface area contributed by atoms with Crippen LogP contribution >= 0.6 is 0 Å². The summed E-state index contributed by atoms with van der Waals surface area (Å²) in [5.74, 6) is 0. The van der Waals surface area contributed by atoms with Gasteiger partial charge in [-0.15, -0.1) is 0 Å². The Kier molecular flexibility index (Phi) is 2.15. The second kappa shape index (κ2) is 3.64. The van der Waals surface area contributed by atoms with E-state index < -0.39 is 0 Å². The fourth-order valence-electron chi connectivity index (χ4n) is 2.04. The number of aromatic nitrogens is 1. The number of anilines is 2. The maximum atomic E-state index is 5.90. The molecule has 82 valence electrons. The van der Waals surface area contributed by atoms with Crippen LogP contribution in [0.5, 0.6) is 0 Å². The topological polar surface area (TPSA) is 51.4 Å². The Morgan fingerprint density at radius 3 is 3.06 bits per heavy atom. The predicted octanol–water partition coefficient (Wildman–Crippen LogP) is 1.96. The van der Waals surface area contributed by atoms with Gasteiger partial charge in [-0.1, -0.05) is 12.1 Å². The van der Waals surface area contributed by atoms with Crippen molar-refractivity contribution < 1.29 is 4.84 Å². The minimum Gasteiger partial charge on any atom is -0.397 e. The molecular formula is C12H13N3O. The summed E-state index contributed by atoms with van der Waals surface area (Å²) in [6.07, 6.45) is 2.84. The molecule has 1 aliphatic heterocycles. The van der Waals surface area contributed by atoms with Gasteiger partial charge in [-0.25, -0.2) is 0 Å². The number of hydroxylamine groups is 1. The summed E-state index contributed by atoms with van der Waals surface area (Å²) in [5.41, 5.74) is 8.50. The first-order valence-electron chi connectivity index (χ1n) is 5.40. The quantitative estimate of drug-likeness (QED) is 0.739. The van der Waals surface area contributed by atoms with Crippen molar-refractivity contribution in [1.29, 1.82) is 0 Å². The Morgan fingerprint density at radius 1 is 1.31 bits per heavy atom. The van der Waals surface area contributed by atoms with E-state index in [0.29, 0.717) is 5.69 Å². The number of para-hydroxylation sites is 1. The third-order valence-electron chi connectivity index (χ3n) is 2.80. The van der Waals surface area contributed by atoms with E-state index in [1.54, 1.807) is 6.20 Å². The smallest absolute Gasteiger partial charge is 0.0952 e. The number of rotatable bonds is 1. The van der Waals surface area contributed by atoms with Gasteiger partial charge in [0.05, 0.1) is 23.5 Å². The summed E-state index contributed by atoms with van der Waals surface area (Å²) in [6.45, 7) is 1.71. The molecule has 1 aliphatic rings. The van der Waals surface area contributed by atoms with Crippen LogP contribution in [-0.2, 0) is 4.84 Å². The summed E-state index contributed by atoms with van der Waals surface area (Å²) < 4.78 is 0. The van der Waals surface area contributed by atoms with Crippen LogP contribution in [0.2, 0.25) is 0 Å². The zero-order chi connectivity index (χ0) is 11.0. The number of benzene rings is 1. The van der Waals surface area contributed by atoms with E-state index in [1.807, 2.05) is 29.3 Å². The number of nitrogens with zero attached hydrogens (tertiary/aromatic N) is 2. The van der Waals surface area contributed by atoms with Gasteiger partial charge >= 0.3 is 0 Å². The Hall–Kier alpha value is -1.81. The molecule has 4 nitrogen and oxygen atoms in total. The average molecular weight is 215 g/mol. The Bertz CT molecular complexity index is 521. The first-order chi connectivity index (χ1) is 7.86. The van der Waals surface area contributed by atoms with Crippen LogP contribution in [0.3, 0.4) is 0 Å². The van der Waals surface area contributed by atoms with Crippen LogP contribution in [0.25, 0.3) is 10.9 Å². The second-order valence-electron chi connectivity index (χ2n) is 3.86. The van der Waals surface area contributed by atoms with E-state index in [-0.39, 0.29) is 0 Å². The van der Waals surface area contributed by atoms with Gasteiger partial charge in [-0.05, 0) is 18.6 Å². The molecule has 3 rings (SSSR count). The Labute approximate surface area is 93.6 Å². The standard InChI is InChI=1S/C12H13N3O/c13-10-4-1-3-9-11(5-6-14-12(9)10)15-7-2-8-16-15/h1,3-6H,2,7-8,13H2. The Balaban J connectivity index is 2.20. The molecule has 0 bridgehead atoms. The van der Waals surface area contributed by atoms with Crippen molar-refractivity contribution in [2.24, 2.45) is 0 Å². The molecule has 0 aliphatic carbocycles. The van der Waals surface area contributed by atoms with Gasteiger partial charge in [-0.2, -0.15) is 0 Å². The molecule has 0 unspecified atom stereocenters. The lowest BCUT2D eigenvalue weighted by Gasteiger charge is -2.18.